The number of rotatable bonds is 4. The zero-order chi connectivity index (χ0) is 20.1. The summed E-state index contributed by atoms with van der Waals surface area (Å²) in [5.74, 6) is 0.947. The molecule has 0 aliphatic carbocycles. The van der Waals surface area contributed by atoms with Gasteiger partial charge in [0.15, 0.2) is 0 Å². The van der Waals surface area contributed by atoms with Crippen LogP contribution >= 0.6 is 0 Å². The van der Waals surface area contributed by atoms with Crippen LogP contribution in [0.5, 0.6) is 5.75 Å². The first-order valence-electron chi connectivity index (χ1n) is 10.6. The number of nitrogens with zero attached hydrogens (tertiary/aromatic N) is 3. The number of likely N-dealkylation sites (tertiary alicyclic amines) is 1. The van der Waals surface area contributed by atoms with Gasteiger partial charge in [0.1, 0.15) is 5.75 Å². The minimum Gasteiger partial charge on any atom is -0.493 e. The SMILES string of the molecule is CN(Cc1ccccn1)[C@@H]1CCCN(C(=O)Nc2ccc3c(c2)CCCO3)CC1. The van der Waals surface area contributed by atoms with E-state index in [0.717, 1.165) is 75.5 Å². The first-order valence-corrected chi connectivity index (χ1v) is 10.6. The number of aromatic nitrogens is 1. The van der Waals surface area contributed by atoms with Crippen LogP contribution in [-0.4, -0.2) is 53.6 Å². The summed E-state index contributed by atoms with van der Waals surface area (Å²) in [6.45, 7) is 3.20. The second kappa shape index (κ2) is 9.27. The Hall–Kier alpha value is -2.60. The molecule has 1 fully saturated rings. The number of amides is 2. The van der Waals surface area contributed by atoms with E-state index in [-0.39, 0.29) is 6.03 Å². The number of ether oxygens (including phenoxy) is 1. The molecule has 1 aromatic carbocycles. The number of aryl methyl sites for hydroxylation is 1. The van der Waals surface area contributed by atoms with E-state index in [1.54, 1.807) is 0 Å². The molecule has 0 saturated carbocycles. The van der Waals surface area contributed by atoms with Gasteiger partial charge in [-0.2, -0.15) is 0 Å². The van der Waals surface area contributed by atoms with Crippen LogP contribution in [0.2, 0.25) is 0 Å². The zero-order valence-corrected chi connectivity index (χ0v) is 17.1. The number of hydrogen-bond acceptors (Lipinski definition) is 4. The Kier molecular flexibility index (Phi) is 6.30. The van der Waals surface area contributed by atoms with Crippen molar-refractivity contribution in [1.29, 1.82) is 0 Å². The lowest BCUT2D eigenvalue weighted by Gasteiger charge is -2.27. The van der Waals surface area contributed by atoms with E-state index in [9.17, 15) is 4.79 Å². The van der Waals surface area contributed by atoms with Gasteiger partial charge in [-0.15, -0.1) is 0 Å². The quantitative estimate of drug-likeness (QED) is 0.854. The van der Waals surface area contributed by atoms with Crippen LogP contribution in [0.4, 0.5) is 10.5 Å². The maximum atomic E-state index is 12.8. The smallest absolute Gasteiger partial charge is 0.321 e. The number of pyridine rings is 1. The minimum atomic E-state index is -0.00490. The molecule has 1 aromatic heterocycles. The molecule has 2 aliphatic rings. The number of benzene rings is 1. The number of anilines is 1. The Bertz CT molecular complexity index is 827. The summed E-state index contributed by atoms with van der Waals surface area (Å²) in [4.78, 5) is 21.6. The first-order chi connectivity index (χ1) is 14.2. The van der Waals surface area contributed by atoms with Crippen LogP contribution in [0, 0.1) is 0 Å². The van der Waals surface area contributed by atoms with Crippen molar-refractivity contribution in [3.63, 3.8) is 0 Å². The van der Waals surface area contributed by atoms with Crippen LogP contribution in [0.1, 0.15) is 36.9 Å². The number of urea groups is 1. The van der Waals surface area contributed by atoms with Gasteiger partial charge >= 0.3 is 6.03 Å². The Balaban J connectivity index is 1.31. The van der Waals surface area contributed by atoms with Crippen molar-refractivity contribution in [2.45, 2.75) is 44.7 Å². The highest BCUT2D eigenvalue weighted by Gasteiger charge is 2.23. The van der Waals surface area contributed by atoms with Crippen molar-refractivity contribution in [2.75, 3.05) is 32.1 Å². The van der Waals surface area contributed by atoms with Gasteiger partial charge < -0.3 is 15.0 Å². The molecule has 6 nitrogen and oxygen atoms in total. The second-order valence-electron chi connectivity index (χ2n) is 8.01. The van der Waals surface area contributed by atoms with Gasteiger partial charge in [-0.05, 0) is 75.0 Å². The number of hydrogen-bond donors (Lipinski definition) is 1. The third-order valence-electron chi connectivity index (χ3n) is 5.91. The minimum absolute atomic E-state index is 0.00490. The molecule has 2 aliphatic heterocycles. The fourth-order valence-corrected chi connectivity index (χ4v) is 4.24. The molecule has 0 radical (unpaired) electrons. The van der Waals surface area contributed by atoms with Crippen LogP contribution in [0.3, 0.4) is 0 Å². The number of fused-ring (bicyclic) bond motifs is 1. The van der Waals surface area contributed by atoms with Crippen molar-refractivity contribution < 1.29 is 9.53 Å². The summed E-state index contributed by atoms with van der Waals surface area (Å²) >= 11 is 0. The Morgan fingerprint density at radius 2 is 2.17 bits per heavy atom. The highest BCUT2D eigenvalue weighted by Crippen LogP contribution is 2.28. The average molecular weight is 395 g/mol. The summed E-state index contributed by atoms with van der Waals surface area (Å²) in [5, 5.41) is 3.08. The lowest BCUT2D eigenvalue weighted by molar-refractivity contribution is 0.200. The highest BCUT2D eigenvalue weighted by atomic mass is 16.5. The number of nitrogens with one attached hydrogen (secondary N) is 1. The van der Waals surface area contributed by atoms with Crippen molar-refractivity contribution in [2.24, 2.45) is 0 Å². The normalized spacial score (nSPS) is 19.2. The van der Waals surface area contributed by atoms with E-state index in [0.29, 0.717) is 6.04 Å². The second-order valence-corrected chi connectivity index (χ2v) is 8.01. The van der Waals surface area contributed by atoms with E-state index >= 15 is 0 Å². The highest BCUT2D eigenvalue weighted by molar-refractivity contribution is 5.89. The van der Waals surface area contributed by atoms with Gasteiger partial charge in [-0.1, -0.05) is 6.07 Å². The van der Waals surface area contributed by atoms with E-state index in [4.69, 9.17) is 4.74 Å². The maximum Gasteiger partial charge on any atom is 0.321 e. The summed E-state index contributed by atoms with van der Waals surface area (Å²) < 4.78 is 5.66. The number of carbonyl (C=O) groups excluding carboxylic acids is 1. The van der Waals surface area contributed by atoms with Gasteiger partial charge in [0, 0.05) is 37.6 Å². The van der Waals surface area contributed by atoms with Crippen LogP contribution in [0.25, 0.3) is 0 Å². The molecule has 0 unspecified atom stereocenters. The van der Waals surface area contributed by atoms with E-state index in [1.165, 1.54) is 5.56 Å². The molecule has 29 heavy (non-hydrogen) atoms. The largest absolute Gasteiger partial charge is 0.493 e. The Morgan fingerprint density at radius 3 is 3.03 bits per heavy atom. The fourth-order valence-electron chi connectivity index (χ4n) is 4.24. The molecule has 6 heteroatoms. The number of carbonyl (C=O) groups is 1. The van der Waals surface area contributed by atoms with E-state index < -0.39 is 0 Å². The third kappa shape index (κ3) is 5.07. The molecule has 3 heterocycles. The molecular weight excluding hydrogens is 364 g/mol. The van der Waals surface area contributed by atoms with Crippen LogP contribution < -0.4 is 10.1 Å². The molecule has 2 aromatic rings. The predicted octanol–water partition coefficient (Wildman–Crippen LogP) is 3.93. The first kappa shape index (κ1) is 19.7. The molecule has 4 rings (SSSR count). The molecule has 0 spiro atoms. The molecule has 0 bridgehead atoms. The Morgan fingerprint density at radius 1 is 1.24 bits per heavy atom. The lowest BCUT2D eigenvalue weighted by Crippen LogP contribution is -2.37. The molecule has 1 N–H and O–H groups in total. The summed E-state index contributed by atoms with van der Waals surface area (Å²) in [7, 11) is 2.16. The summed E-state index contributed by atoms with van der Waals surface area (Å²) in [5.41, 5.74) is 3.12. The van der Waals surface area contributed by atoms with Gasteiger partial charge in [-0.25, -0.2) is 4.79 Å². The van der Waals surface area contributed by atoms with Crippen LogP contribution in [0.15, 0.2) is 42.6 Å². The van der Waals surface area contributed by atoms with Gasteiger partial charge in [0.25, 0.3) is 0 Å². The molecular formula is C23H30N4O2. The van der Waals surface area contributed by atoms with Gasteiger partial charge in [0.2, 0.25) is 0 Å². The standard InChI is InChI=1S/C23H30N4O2/c1-26(17-20-7-2-3-12-24-20)21-8-4-13-27(14-11-21)23(28)25-19-9-10-22-18(16-19)6-5-15-29-22/h2-3,7,9-10,12,16,21H,4-6,8,11,13-15,17H2,1H3,(H,25,28)/t21-/m1/s1. The molecule has 1 atom stereocenters. The Labute approximate surface area is 172 Å². The van der Waals surface area contributed by atoms with Crippen molar-refractivity contribution in [3.8, 4) is 5.75 Å². The molecule has 154 valence electrons. The van der Waals surface area contributed by atoms with Crippen molar-refractivity contribution in [1.82, 2.24) is 14.8 Å². The predicted molar refractivity (Wildman–Crippen MR) is 114 cm³/mol. The van der Waals surface area contributed by atoms with Crippen LogP contribution in [-0.2, 0) is 13.0 Å². The van der Waals surface area contributed by atoms with Gasteiger partial charge in [-0.3, -0.25) is 9.88 Å². The zero-order valence-electron chi connectivity index (χ0n) is 17.1. The average Bonchev–Trinajstić information content (AvgIpc) is 3.01. The van der Waals surface area contributed by atoms with E-state index in [2.05, 4.69) is 28.3 Å². The van der Waals surface area contributed by atoms with Gasteiger partial charge in [0.05, 0.1) is 12.3 Å². The summed E-state index contributed by atoms with van der Waals surface area (Å²) in [6.07, 6.45) is 6.98. The maximum absolute atomic E-state index is 12.8. The third-order valence-corrected chi connectivity index (χ3v) is 5.91. The summed E-state index contributed by atoms with van der Waals surface area (Å²) in [6, 6.07) is 12.5. The van der Waals surface area contributed by atoms with E-state index in [1.807, 2.05) is 41.4 Å². The van der Waals surface area contributed by atoms with Crippen molar-refractivity contribution >= 4 is 11.7 Å². The topological polar surface area (TPSA) is 57.7 Å². The molecule has 2 amide bonds. The lowest BCUT2D eigenvalue weighted by atomic mass is 10.1. The van der Waals surface area contributed by atoms with Crippen molar-refractivity contribution in [3.05, 3.63) is 53.9 Å². The molecule has 1 saturated heterocycles. The fraction of sp³-hybridized carbons (Fsp3) is 0.478. The monoisotopic (exact) mass is 394 g/mol.